The zero-order valence-corrected chi connectivity index (χ0v) is 22.7. The van der Waals surface area contributed by atoms with Gasteiger partial charge in [0.25, 0.3) is 0 Å². The van der Waals surface area contributed by atoms with E-state index in [4.69, 9.17) is 36.0 Å². The van der Waals surface area contributed by atoms with Gasteiger partial charge in [-0.2, -0.15) is 0 Å². The minimum atomic E-state index is -0.775. The molecule has 0 aromatic carbocycles. The Hall–Kier alpha value is 1.04. The first-order valence-electron chi connectivity index (χ1n) is 9.65. The third-order valence-electron chi connectivity index (χ3n) is 6.23. The van der Waals surface area contributed by atoms with Gasteiger partial charge in [-0.1, -0.05) is 34.6 Å². The first kappa shape index (κ1) is 26.1. The Morgan fingerprint density at radius 1 is 1.00 bits per heavy atom. The molecule has 1 radical (unpaired) electrons. The topological polar surface area (TPSA) is 81.0 Å². The van der Waals surface area contributed by atoms with Crippen molar-refractivity contribution in [3.8, 4) is 0 Å². The van der Waals surface area contributed by atoms with Gasteiger partial charge in [0.2, 0.25) is 6.29 Å². The number of ether oxygens (including phenoxy) is 4. The van der Waals surface area contributed by atoms with E-state index in [1.807, 2.05) is 13.8 Å². The van der Waals surface area contributed by atoms with Gasteiger partial charge in [0.15, 0.2) is 12.2 Å². The van der Waals surface area contributed by atoms with Gasteiger partial charge in [-0.15, -0.1) is 11.6 Å². The van der Waals surface area contributed by atoms with Crippen molar-refractivity contribution in [1.29, 1.82) is 5.41 Å². The van der Waals surface area contributed by atoms with Crippen molar-refractivity contribution in [2.45, 2.75) is 85.0 Å². The van der Waals surface area contributed by atoms with Gasteiger partial charge in [0, 0.05) is 55.9 Å². The van der Waals surface area contributed by atoms with E-state index in [9.17, 15) is 5.11 Å². The molecule has 0 aromatic rings. The number of nitrogens with one attached hydrogen (secondary N) is 1. The molecule has 2 saturated heterocycles. The molecule has 27 heavy (non-hydrogen) atoms. The summed E-state index contributed by atoms with van der Waals surface area (Å²) in [5, 5.41) is 18.5. The van der Waals surface area contributed by atoms with Crippen LogP contribution in [0.1, 0.15) is 48.0 Å². The number of hydrogen-bond donors (Lipinski definition) is 2. The van der Waals surface area contributed by atoms with E-state index in [-0.39, 0.29) is 86.2 Å². The SMILES string of the molecule is CCC1OC(OC(=N)CCl)C(C)[C@@H](O)[C@H]1O[C@H]1O[C@H](C)[C@@H](C)C(C)C1C.[Ac]. The van der Waals surface area contributed by atoms with Gasteiger partial charge in [-0.3, -0.25) is 5.41 Å². The standard InChI is InChI=1S/C19H34ClNO5.Ac/c1-7-14-17(16(22)12(5)19(24-14)25-15(21)8-20)26-18-11(4)9(2)10(3)13(6)23-18;/h9-14,16-19,21-22H,7-8H2,1-6H3;/t9?,10-,11?,12?,13+,14?,16+,17-,18+,19?;/m0./s1. The zero-order chi connectivity index (χ0) is 19.6. The van der Waals surface area contributed by atoms with Crippen LogP contribution in [0.5, 0.6) is 0 Å². The molecule has 0 amide bonds. The maximum absolute atomic E-state index is 10.9. The van der Waals surface area contributed by atoms with Crippen molar-refractivity contribution in [3.05, 3.63) is 0 Å². The van der Waals surface area contributed by atoms with Gasteiger partial charge in [-0.05, 0) is 25.2 Å². The van der Waals surface area contributed by atoms with E-state index in [1.54, 1.807) is 0 Å². The summed E-state index contributed by atoms with van der Waals surface area (Å²) in [7, 11) is 0. The third kappa shape index (κ3) is 6.03. The molecular weight excluding hydrogens is 585 g/mol. The minimum absolute atomic E-state index is 0. The van der Waals surface area contributed by atoms with Crippen molar-refractivity contribution < 1.29 is 68.1 Å². The Kier molecular flexibility index (Phi) is 11.0. The molecule has 0 spiro atoms. The molecule has 2 heterocycles. The Morgan fingerprint density at radius 2 is 1.63 bits per heavy atom. The van der Waals surface area contributed by atoms with Crippen LogP contribution in [0.2, 0.25) is 0 Å². The van der Waals surface area contributed by atoms with Crippen LogP contribution in [-0.2, 0) is 18.9 Å². The summed E-state index contributed by atoms with van der Waals surface area (Å²) < 4.78 is 23.8. The summed E-state index contributed by atoms with van der Waals surface area (Å²) in [4.78, 5) is 0. The quantitative estimate of drug-likeness (QED) is 0.281. The van der Waals surface area contributed by atoms with E-state index >= 15 is 0 Å². The fourth-order valence-corrected chi connectivity index (χ4v) is 3.84. The molecule has 0 aliphatic carbocycles. The zero-order valence-electron chi connectivity index (χ0n) is 17.2. The first-order valence-corrected chi connectivity index (χ1v) is 10.2. The molecule has 8 heteroatoms. The summed E-state index contributed by atoms with van der Waals surface area (Å²) in [5.74, 6) is 0.700. The van der Waals surface area contributed by atoms with Crippen LogP contribution in [0.4, 0.5) is 0 Å². The van der Waals surface area contributed by atoms with Crippen molar-refractivity contribution in [2.75, 3.05) is 5.88 Å². The summed E-state index contributed by atoms with van der Waals surface area (Å²) >= 11 is 5.63. The molecule has 0 saturated carbocycles. The van der Waals surface area contributed by atoms with Gasteiger partial charge in [0.05, 0.1) is 24.2 Å². The molecule has 2 aliphatic rings. The molecule has 2 aliphatic heterocycles. The van der Waals surface area contributed by atoms with Gasteiger partial charge in [-0.25, -0.2) is 0 Å². The maximum atomic E-state index is 10.9. The second-order valence-corrected chi connectivity index (χ2v) is 8.13. The fourth-order valence-electron chi connectivity index (χ4n) is 3.78. The molecule has 0 bridgehead atoms. The summed E-state index contributed by atoms with van der Waals surface area (Å²) in [6, 6.07) is 0. The summed E-state index contributed by atoms with van der Waals surface area (Å²) in [6.07, 6.45) is -1.93. The van der Waals surface area contributed by atoms with Crippen LogP contribution in [0, 0.1) is 73.1 Å². The molecule has 6 nitrogen and oxygen atoms in total. The van der Waals surface area contributed by atoms with Crippen molar-refractivity contribution in [2.24, 2.45) is 23.7 Å². The number of halogens is 1. The maximum Gasteiger partial charge on any atom is 0.206 e. The second-order valence-electron chi connectivity index (χ2n) is 7.86. The molecule has 0 aromatic heterocycles. The van der Waals surface area contributed by atoms with E-state index < -0.39 is 18.5 Å². The van der Waals surface area contributed by atoms with E-state index in [0.29, 0.717) is 18.3 Å². The predicted octanol–water partition coefficient (Wildman–Crippen LogP) is 3.39. The van der Waals surface area contributed by atoms with E-state index in [2.05, 4.69) is 27.7 Å². The van der Waals surface area contributed by atoms with Crippen molar-refractivity contribution in [1.82, 2.24) is 0 Å². The van der Waals surface area contributed by atoms with E-state index in [1.165, 1.54) is 0 Å². The Bertz CT molecular complexity index is 483. The van der Waals surface area contributed by atoms with E-state index in [0.717, 1.165) is 0 Å². The number of hydrogen-bond acceptors (Lipinski definition) is 6. The molecular formula is C19H34AcClNO5. The summed E-state index contributed by atoms with van der Waals surface area (Å²) in [6.45, 7) is 12.4. The number of alkyl halides is 1. The van der Waals surface area contributed by atoms with Crippen LogP contribution >= 0.6 is 11.6 Å². The smallest absolute Gasteiger partial charge is 0.206 e. The van der Waals surface area contributed by atoms with Crippen LogP contribution < -0.4 is 0 Å². The largest absolute Gasteiger partial charge is 0.451 e. The molecule has 2 fully saturated rings. The van der Waals surface area contributed by atoms with Crippen molar-refractivity contribution >= 4 is 17.5 Å². The Balaban J connectivity index is 0.00000364. The number of aliphatic hydroxyl groups excluding tert-OH is 1. The minimum Gasteiger partial charge on any atom is -0.451 e. The first-order chi connectivity index (χ1) is 12.2. The molecule has 10 atom stereocenters. The van der Waals surface area contributed by atoms with Gasteiger partial charge in [0.1, 0.15) is 6.10 Å². The summed E-state index contributed by atoms with van der Waals surface area (Å²) in [5.41, 5.74) is 0. The average molecular weight is 619 g/mol. The fraction of sp³-hybridized carbons (Fsp3) is 0.947. The number of aliphatic hydroxyl groups is 1. The van der Waals surface area contributed by atoms with Crippen LogP contribution in [0.15, 0.2) is 0 Å². The van der Waals surface area contributed by atoms with Crippen molar-refractivity contribution in [3.63, 3.8) is 0 Å². The monoisotopic (exact) mass is 618 g/mol. The molecule has 2 N–H and O–H groups in total. The van der Waals surface area contributed by atoms with Crippen LogP contribution in [0.25, 0.3) is 0 Å². The van der Waals surface area contributed by atoms with Gasteiger partial charge < -0.3 is 24.1 Å². The Morgan fingerprint density at radius 3 is 2.19 bits per heavy atom. The van der Waals surface area contributed by atoms with Gasteiger partial charge >= 0.3 is 0 Å². The van der Waals surface area contributed by atoms with Crippen LogP contribution in [-0.4, -0.2) is 53.9 Å². The average Bonchev–Trinajstić information content (AvgIpc) is 2.63. The molecule has 155 valence electrons. The molecule has 5 unspecified atom stereocenters. The van der Waals surface area contributed by atoms with Crippen LogP contribution in [0.3, 0.4) is 0 Å². The normalized spacial score (nSPS) is 45.0. The second kappa shape index (κ2) is 11.4. The number of rotatable bonds is 5. The predicted molar refractivity (Wildman–Crippen MR) is 100 cm³/mol. The molecule has 2 rings (SSSR count). The Labute approximate surface area is 204 Å². The third-order valence-corrected chi connectivity index (χ3v) is 6.47.